The molecule has 30 heavy (non-hydrogen) atoms. The van der Waals surface area contributed by atoms with Crippen LogP contribution in [0.25, 0.3) is 5.69 Å². The second-order valence-electron chi connectivity index (χ2n) is 6.63. The second kappa shape index (κ2) is 9.56. The number of hydrogen-bond acceptors (Lipinski definition) is 4. The van der Waals surface area contributed by atoms with Gasteiger partial charge in [-0.15, -0.1) is 10.2 Å². The molecule has 4 rings (SSSR count). The smallest absolute Gasteiger partial charge is 0.196 e. The van der Waals surface area contributed by atoms with Gasteiger partial charge < -0.3 is 4.74 Å². The number of thioether (sulfide) groups is 1. The van der Waals surface area contributed by atoms with Crippen LogP contribution in [0.15, 0.2) is 78.0 Å². The maximum atomic E-state index is 6.16. The molecule has 0 amide bonds. The van der Waals surface area contributed by atoms with E-state index in [1.807, 2.05) is 60.7 Å². The van der Waals surface area contributed by atoms with Gasteiger partial charge in [-0.05, 0) is 47.5 Å². The number of aromatic nitrogens is 3. The fourth-order valence-electron chi connectivity index (χ4n) is 3.05. The van der Waals surface area contributed by atoms with Crippen molar-refractivity contribution in [2.75, 3.05) is 7.11 Å². The Morgan fingerprint density at radius 2 is 1.63 bits per heavy atom. The van der Waals surface area contributed by atoms with E-state index in [-0.39, 0.29) is 0 Å². The molecule has 0 saturated carbocycles. The van der Waals surface area contributed by atoms with Crippen molar-refractivity contribution >= 4 is 35.0 Å². The summed E-state index contributed by atoms with van der Waals surface area (Å²) in [5, 5.41) is 10.9. The monoisotopic (exact) mass is 455 g/mol. The first-order chi connectivity index (χ1) is 14.6. The molecule has 1 aromatic heterocycles. The molecule has 0 aliphatic heterocycles. The second-order valence-corrected chi connectivity index (χ2v) is 8.39. The molecular formula is C23H19Cl2N3OS. The largest absolute Gasteiger partial charge is 0.497 e. The van der Waals surface area contributed by atoms with Crippen molar-refractivity contribution in [1.82, 2.24) is 14.8 Å². The highest BCUT2D eigenvalue weighted by molar-refractivity contribution is 7.98. The lowest BCUT2D eigenvalue weighted by atomic mass is 10.1. The minimum absolute atomic E-state index is 0.552. The molecule has 0 spiro atoms. The van der Waals surface area contributed by atoms with E-state index < -0.39 is 0 Å². The van der Waals surface area contributed by atoms with E-state index in [2.05, 4.69) is 26.9 Å². The van der Waals surface area contributed by atoms with E-state index in [1.165, 1.54) is 5.56 Å². The summed E-state index contributed by atoms with van der Waals surface area (Å²) in [5.74, 6) is 2.39. The zero-order chi connectivity index (χ0) is 20.9. The van der Waals surface area contributed by atoms with E-state index >= 15 is 0 Å². The van der Waals surface area contributed by atoms with Crippen LogP contribution in [-0.4, -0.2) is 21.9 Å². The average molecular weight is 456 g/mol. The molecule has 1 heterocycles. The van der Waals surface area contributed by atoms with E-state index in [1.54, 1.807) is 18.9 Å². The molecule has 0 fully saturated rings. The number of ether oxygens (including phenoxy) is 1. The highest BCUT2D eigenvalue weighted by Crippen LogP contribution is 2.29. The lowest BCUT2D eigenvalue weighted by Gasteiger charge is -2.11. The summed E-state index contributed by atoms with van der Waals surface area (Å²) in [6.45, 7) is 0. The molecule has 0 aliphatic carbocycles. The third kappa shape index (κ3) is 4.81. The van der Waals surface area contributed by atoms with Crippen molar-refractivity contribution in [2.45, 2.75) is 17.3 Å². The molecule has 4 aromatic rings. The predicted octanol–water partition coefficient (Wildman–Crippen LogP) is 6.47. The van der Waals surface area contributed by atoms with Crippen molar-refractivity contribution in [3.05, 3.63) is 99.8 Å². The maximum Gasteiger partial charge on any atom is 0.196 e. The van der Waals surface area contributed by atoms with Crippen molar-refractivity contribution in [1.29, 1.82) is 0 Å². The van der Waals surface area contributed by atoms with Crippen LogP contribution >= 0.6 is 35.0 Å². The third-order valence-corrected chi connectivity index (χ3v) is 6.33. The molecule has 4 nitrogen and oxygen atoms in total. The molecule has 7 heteroatoms. The number of rotatable bonds is 7. The van der Waals surface area contributed by atoms with Gasteiger partial charge in [0.2, 0.25) is 0 Å². The van der Waals surface area contributed by atoms with Gasteiger partial charge in [-0.3, -0.25) is 4.57 Å². The zero-order valence-electron chi connectivity index (χ0n) is 16.3. The zero-order valence-corrected chi connectivity index (χ0v) is 18.6. The van der Waals surface area contributed by atoms with E-state index in [0.717, 1.165) is 28.0 Å². The number of nitrogens with zero attached hydrogens (tertiary/aromatic N) is 3. The SMILES string of the molecule is COc1ccc(-n2c(Cc3ccccc3)nnc2SCc2ccc(Cl)c(Cl)c2)cc1. The first-order valence-electron chi connectivity index (χ1n) is 9.33. The van der Waals surface area contributed by atoms with Gasteiger partial charge in [0.15, 0.2) is 5.16 Å². The summed E-state index contributed by atoms with van der Waals surface area (Å²) in [5.41, 5.74) is 3.24. The molecule has 0 bridgehead atoms. The quantitative estimate of drug-likeness (QED) is 0.299. The fraction of sp³-hybridized carbons (Fsp3) is 0.130. The number of benzene rings is 3. The van der Waals surface area contributed by atoms with Crippen LogP contribution in [0.1, 0.15) is 17.0 Å². The summed E-state index contributed by atoms with van der Waals surface area (Å²) >= 11 is 13.8. The molecule has 152 valence electrons. The molecule has 3 aromatic carbocycles. The molecule has 0 atom stereocenters. The molecular weight excluding hydrogens is 437 g/mol. The topological polar surface area (TPSA) is 39.9 Å². The van der Waals surface area contributed by atoms with E-state index in [9.17, 15) is 0 Å². The third-order valence-electron chi connectivity index (χ3n) is 4.59. The maximum absolute atomic E-state index is 6.16. The van der Waals surface area contributed by atoms with Crippen molar-refractivity contribution in [2.24, 2.45) is 0 Å². The van der Waals surface area contributed by atoms with Gasteiger partial charge in [0.1, 0.15) is 11.6 Å². The van der Waals surface area contributed by atoms with Gasteiger partial charge in [0.05, 0.1) is 17.2 Å². The van der Waals surface area contributed by atoms with Crippen LogP contribution in [-0.2, 0) is 12.2 Å². The van der Waals surface area contributed by atoms with Gasteiger partial charge in [0.25, 0.3) is 0 Å². The summed E-state index contributed by atoms with van der Waals surface area (Å²) in [7, 11) is 1.66. The Hall–Kier alpha value is -2.47. The molecule has 0 aliphatic rings. The van der Waals surface area contributed by atoms with E-state index in [0.29, 0.717) is 22.2 Å². The number of halogens is 2. The molecule has 0 N–H and O–H groups in total. The Balaban J connectivity index is 1.65. The van der Waals surface area contributed by atoms with Crippen LogP contribution in [0, 0.1) is 0 Å². The van der Waals surface area contributed by atoms with Gasteiger partial charge in [-0.1, -0.05) is 71.4 Å². The summed E-state index contributed by atoms with van der Waals surface area (Å²) < 4.78 is 7.39. The Morgan fingerprint density at radius 1 is 0.867 bits per heavy atom. The highest BCUT2D eigenvalue weighted by atomic mass is 35.5. The van der Waals surface area contributed by atoms with Crippen molar-refractivity contribution < 1.29 is 4.74 Å². The van der Waals surface area contributed by atoms with Crippen molar-refractivity contribution in [3.63, 3.8) is 0 Å². The first kappa shape index (κ1) is 20.8. The molecule has 0 radical (unpaired) electrons. The van der Waals surface area contributed by atoms with Gasteiger partial charge in [0, 0.05) is 17.9 Å². The van der Waals surface area contributed by atoms with Gasteiger partial charge in [-0.25, -0.2) is 0 Å². The predicted molar refractivity (Wildman–Crippen MR) is 123 cm³/mol. The summed E-state index contributed by atoms with van der Waals surface area (Å²) in [4.78, 5) is 0. The van der Waals surface area contributed by atoms with Gasteiger partial charge in [-0.2, -0.15) is 0 Å². The van der Waals surface area contributed by atoms with Crippen LogP contribution in [0.4, 0.5) is 0 Å². The lowest BCUT2D eigenvalue weighted by molar-refractivity contribution is 0.414. The summed E-state index contributed by atoms with van der Waals surface area (Å²) in [6, 6.07) is 23.8. The van der Waals surface area contributed by atoms with Crippen LogP contribution in [0.3, 0.4) is 0 Å². The van der Waals surface area contributed by atoms with Crippen LogP contribution < -0.4 is 4.74 Å². The van der Waals surface area contributed by atoms with Crippen LogP contribution in [0.5, 0.6) is 5.75 Å². The standard InChI is InChI=1S/C23H19Cl2N3OS/c1-29-19-10-8-18(9-11-19)28-22(14-16-5-3-2-4-6-16)26-27-23(28)30-15-17-7-12-20(24)21(25)13-17/h2-13H,14-15H2,1H3. The number of hydrogen-bond donors (Lipinski definition) is 0. The highest BCUT2D eigenvalue weighted by Gasteiger charge is 2.15. The Labute approximate surface area is 189 Å². The van der Waals surface area contributed by atoms with E-state index in [4.69, 9.17) is 27.9 Å². The van der Waals surface area contributed by atoms with Crippen molar-refractivity contribution in [3.8, 4) is 11.4 Å². The first-order valence-corrected chi connectivity index (χ1v) is 11.1. The average Bonchev–Trinajstić information content (AvgIpc) is 3.17. The normalized spacial score (nSPS) is 10.9. The summed E-state index contributed by atoms with van der Waals surface area (Å²) in [6.07, 6.45) is 0.688. The Morgan fingerprint density at radius 3 is 2.33 bits per heavy atom. The van der Waals surface area contributed by atoms with Crippen LogP contribution in [0.2, 0.25) is 10.0 Å². The Kier molecular flexibility index (Phi) is 6.62. The fourth-order valence-corrected chi connectivity index (χ4v) is 4.29. The number of methoxy groups -OCH3 is 1. The van der Waals surface area contributed by atoms with Gasteiger partial charge >= 0.3 is 0 Å². The molecule has 0 saturated heterocycles. The minimum atomic E-state index is 0.552. The minimum Gasteiger partial charge on any atom is -0.497 e. The Bertz CT molecular complexity index is 1130. The molecule has 0 unspecified atom stereocenters. The lowest BCUT2D eigenvalue weighted by Crippen LogP contribution is -2.04.